The topological polar surface area (TPSA) is 72.2 Å². The summed E-state index contributed by atoms with van der Waals surface area (Å²) in [5.74, 6) is -0.502. The van der Waals surface area contributed by atoms with E-state index < -0.39 is 10.8 Å². The number of carbonyl (C=O) groups excluding carboxylic acids is 1. The Hall–Kier alpha value is -2.11. The van der Waals surface area contributed by atoms with Crippen LogP contribution in [-0.4, -0.2) is 17.4 Å². The van der Waals surface area contributed by atoms with Gasteiger partial charge in [-0.2, -0.15) is 0 Å². The maximum Gasteiger partial charge on any atom is 0.283 e. The van der Waals surface area contributed by atoms with Crippen molar-refractivity contribution in [3.05, 3.63) is 73.8 Å². The zero-order valence-electron chi connectivity index (χ0n) is 11.4. The number of nitrogens with one attached hydrogen (secondary N) is 1. The van der Waals surface area contributed by atoms with E-state index in [9.17, 15) is 14.9 Å². The number of carbonyl (C=O) groups is 1. The predicted octanol–water partition coefficient (Wildman–Crippen LogP) is 3.87. The first-order valence-electron chi connectivity index (χ1n) is 6.44. The van der Waals surface area contributed by atoms with Gasteiger partial charge in [0.25, 0.3) is 11.6 Å². The molecule has 0 aliphatic heterocycles. The van der Waals surface area contributed by atoms with Crippen LogP contribution in [0.25, 0.3) is 0 Å². The summed E-state index contributed by atoms with van der Waals surface area (Å²) >= 11 is 11.5. The first-order valence-corrected chi connectivity index (χ1v) is 7.19. The fraction of sp³-hybridized carbons (Fsp3) is 0.133. The lowest BCUT2D eigenvalue weighted by molar-refractivity contribution is -0.385. The van der Waals surface area contributed by atoms with Crippen molar-refractivity contribution >= 4 is 34.8 Å². The summed E-state index contributed by atoms with van der Waals surface area (Å²) in [4.78, 5) is 22.4. The van der Waals surface area contributed by atoms with E-state index in [1.165, 1.54) is 12.1 Å². The second-order valence-electron chi connectivity index (χ2n) is 4.55. The molecule has 114 valence electrons. The molecule has 5 nitrogen and oxygen atoms in total. The Morgan fingerprint density at radius 2 is 1.73 bits per heavy atom. The van der Waals surface area contributed by atoms with Crippen LogP contribution in [0.3, 0.4) is 0 Å². The minimum absolute atomic E-state index is 0.00879. The number of rotatable bonds is 5. The van der Waals surface area contributed by atoms with Crippen LogP contribution in [0.4, 0.5) is 5.69 Å². The van der Waals surface area contributed by atoms with Gasteiger partial charge >= 0.3 is 0 Å². The van der Waals surface area contributed by atoms with Gasteiger partial charge in [-0.15, -0.1) is 0 Å². The van der Waals surface area contributed by atoms with Crippen LogP contribution in [0, 0.1) is 10.1 Å². The summed E-state index contributed by atoms with van der Waals surface area (Å²) in [6, 6.07) is 11.2. The molecule has 2 rings (SSSR count). The molecule has 0 aliphatic rings. The molecular weight excluding hydrogens is 327 g/mol. The molecular formula is C15H12Cl2N2O3. The van der Waals surface area contributed by atoms with Crippen LogP contribution in [0.1, 0.15) is 15.9 Å². The SMILES string of the molecule is O=C(NCCc1ccc(Cl)cc1)c1ccc(Cl)cc1[N+](=O)[O-]. The highest BCUT2D eigenvalue weighted by Gasteiger charge is 2.20. The summed E-state index contributed by atoms with van der Waals surface area (Å²) in [5.41, 5.74) is 0.692. The van der Waals surface area contributed by atoms with E-state index in [1.54, 1.807) is 12.1 Å². The van der Waals surface area contributed by atoms with E-state index in [0.29, 0.717) is 18.0 Å². The third-order valence-corrected chi connectivity index (χ3v) is 3.50. The summed E-state index contributed by atoms with van der Waals surface area (Å²) in [6.45, 7) is 0.361. The molecule has 0 radical (unpaired) electrons. The molecule has 0 fully saturated rings. The van der Waals surface area contributed by atoms with Gasteiger partial charge in [0.15, 0.2) is 0 Å². The third-order valence-electron chi connectivity index (χ3n) is 3.01. The van der Waals surface area contributed by atoms with Gasteiger partial charge < -0.3 is 5.32 Å². The van der Waals surface area contributed by atoms with Crippen molar-refractivity contribution in [1.29, 1.82) is 0 Å². The minimum Gasteiger partial charge on any atom is -0.351 e. The molecule has 2 aromatic carbocycles. The number of benzene rings is 2. The minimum atomic E-state index is -0.625. The molecule has 2 aromatic rings. The normalized spacial score (nSPS) is 10.3. The maximum atomic E-state index is 12.0. The van der Waals surface area contributed by atoms with Crippen molar-refractivity contribution in [3.63, 3.8) is 0 Å². The van der Waals surface area contributed by atoms with Crippen LogP contribution in [0.5, 0.6) is 0 Å². The highest BCUT2D eigenvalue weighted by Crippen LogP contribution is 2.23. The fourth-order valence-corrected chi connectivity index (χ4v) is 2.21. The maximum absolute atomic E-state index is 12.0. The van der Waals surface area contributed by atoms with Crippen molar-refractivity contribution in [2.45, 2.75) is 6.42 Å². The monoisotopic (exact) mass is 338 g/mol. The zero-order chi connectivity index (χ0) is 16.1. The number of hydrogen-bond acceptors (Lipinski definition) is 3. The molecule has 0 saturated heterocycles. The van der Waals surface area contributed by atoms with Gasteiger partial charge in [0, 0.05) is 22.7 Å². The van der Waals surface area contributed by atoms with Crippen molar-refractivity contribution in [2.24, 2.45) is 0 Å². The molecule has 22 heavy (non-hydrogen) atoms. The van der Waals surface area contributed by atoms with E-state index >= 15 is 0 Å². The highest BCUT2D eigenvalue weighted by molar-refractivity contribution is 6.31. The molecule has 0 saturated carbocycles. The molecule has 0 spiro atoms. The smallest absolute Gasteiger partial charge is 0.283 e. The van der Waals surface area contributed by atoms with Crippen LogP contribution in [0.15, 0.2) is 42.5 Å². The van der Waals surface area contributed by atoms with Gasteiger partial charge in [-0.1, -0.05) is 35.3 Å². The molecule has 0 atom stereocenters. The van der Waals surface area contributed by atoms with Gasteiger partial charge in [0.05, 0.1) is 4.92 Å². The van der Waals surface area contributed by atoms with Crippen LogP contribution in [0.2, 0.25) is 10.0 Å². The van der Waals surface area contributed by atoms with Crippen molar-refractivity contribution in [1.82, 2.24) is 5.32 Å². The molecule has 1 N–H and O–H groups in total. The van der Waals surface area contributed by atoms with Gasteiger partial charge in [-0.25, -0.2) is 0 Å². The second-order valence-corrected chi connectivity index (χ2v) is 5.42. The van der Waals surface area contributed by atoms with Crippen molar-refractivity contribution in [2.75, 3.05) is 6.54 Å². The summed E-state index contributed by atoms with van der Waals surface area (Å²) in [7, 11) is 0. The third kappa shape index (κ3) is 4.19. The predicted molar refractivity (Wildman–Crippen MR) is 85.6 cm³/mol. The van der Waals surface area contributed by atoms with E-state index in [-0.39, 0.29) is 16.3 Å². The van der Waals surface area contributed by atoms with Crippen LogP contribution >= 0.6 is 23.2 Å². The Morgan fingerprint density at radius 3 is 2.36 bits per heavy atom. The van der Waals surface area contributed by atoms with Gasteiger partial charge in [-0.3, -0.25) is 14.9 Å². The molecule has 1 amide bonds. The Labute approximate surface area is 137 Å². The molecule has 0 heterocycles. The van der Waals surface area contributed by atoms with Gasteiger partial charge in [0.1, 0.15) is 5.56 Å². The number of hydrogen-bond donors (Lipinski definition) is 1. The fourth-order valence-electron chi connectivity index (χ4n) is 1.91. The molecule has 0 aliphatic carbocycles. The number of nitro benzene ring substituents is 1. The van der Waals surface area contributed by atoms with Crippen LogP contribution in [-0.2, 0) is 6.42 Å². The average Bonchev–Trinajstić information content (AvgIpc) is 2.49. The Bertz CT molecular complexity index is 702. The number of nitrogens with zero attached hydrogens (tertiary/aromatic N) is 1. The first-order chi connectivity index (χ1) is 10.5. The lowest BCUT2D eigenvalue weighted by atomic mass is 10.1. The van der Waals surface area contributed by atoms with Crippen molar-refractivity contribution in [3.8, 4) is 0 Å². The Balaban J connectivity index is 2.00. The quantitative estimate of drug-likeness (QED) is 0.664. The van der Waals surface area contributed by atoms with E-state index in [2.05, 4.69) is 5.32 Å². The summed E-state index contributed by atoms with van der Waals surface area (Å²) < 4.78 is 0. The first kappa shape index (κ1) is 16.3. The lowest BCUT2D eigenvalue weighted by Gasteiger charge is -2.06. The standard InChI is InChI=1S/C15H12Cl2N2O3/c16-11-3-1-10(2-4-11)7-8-18-15(20)13-6-5-12(17)9-14(13)19(21)22/h1-6,9H,7-8H2,(H,18,20). The van der Waals surface area contributed by atoms with E-state index in [4.69, 9.17) is 23.2 Å². The van der Waals surface area contributed by atoms with Crippen molar-refractivity contribution < 1.29 is 9.72 Å². The van der Waals surface area contributed by atoms with Gasteiger partial charge in [-0.05, 0) is 36.2 Å². The lowest BCUT2D eigenvalue weighted by Crippen LogP contribution is -2.26. The number of halogens is 2. The molecule has 0 aromatic heterocycles. The zero-order valence-corrected chi connectivity index (χ0v) is 12.9. The number of amides is 1. The summed E-state index contributed by atoms with van der Waals surface area (Å²) in [6.07, 6.45) is 0.601. The Morgan fingerprint density at radius 1 is 1.09 bits per heavy atom. The highest BCUT2D eigenvalue weighted by atomic mass is 35.5. The molecule has 0 bridgehead atoms. The molecule has 0 unspecified atom stereocenters. The Kier molecular flexibility index (Phi) is 5.35. The molecule has 7 heteroatoms. The average molecular weight is 339 g/mol. The number of nitro groups is 1. The van der Waals surface area contributed by atoms with Crippen LogP contribution < -0.4 is 5.32 Å². The largest absolute Gasteiger partial charge is 0.351 e. The summed E-state index contributed by atoms with van der Waals surface area (Å²) in [5, 5.41) is 14.5. The second kappa shape index (κ2) is 7.24. The van der Waals surface area contributed by atoms with E-state index in [0.717, 1.165) is 11.6 Å². The van der Waals surface area contributed by atoms with E-state index in [1.807, 2.05) is 12.1 Å². The van der Waals surface area contributed by atoms with Gasteiger partial charge in [0.2, 0.25) is 0 Å².